The molecule has 0 unspecified atom stereocenters. The molecule has 0 aliphatic carbocycles. The minimum Gasteiger partial charge on any atom is -0.385 e. The lowest BCUT2D eigenvalue weighted by molar-refractivity contribution is 0.519. The van der Waals surface area contributed by atoms with Gasteiger partial charge in [0.05, 0.1) is 11.6 Å². The van der Waals surface area contributed by atoms with Crippen LogP contribution >= 0.6 is 0 Å². The third-order valence-corrected chi connectivity index (χ3v) is 2.74. The van der Waals surface area contributed by atoms with Crippen LogP contribution in [0.5, 0.6) is 0 Å². The summed E-state index contributed by atoms with van der Waals surface area (Å²) >= 11 is 0. The second kappa shape index (κ2) is 6.08. The van der Waals surface area contributed by atoms with Gasteiger partial charge in [-0.1, -0.05) is 32.8 Å². The predicted molar refractivity (Wildman–Crippen MR) is 63.7 cm³/mol. The van der Waals surface area contributed by atoms with Gasteiger partial charge in [0.25, 0.3) is 0 Å². The largest absolute Gasteiger partial charge is 0.385 e. The molecule has 0 bridgehead atoms. The van der Waals surface area contributed by atoms with E-state index in [0.29, 0.717) is 5.56 Å². The molecule has 0 aliphatic heterocycles. The van der Waals surface area contributed by atoms with E-state index >= 15 is 0 Å². The van der Waals surface area contributed by atoms with Crippen LogP contribution in [0.4, 0.5) is 5.69 Å². The van der Waals surface area contributed by atoms with Crippen LogP contribution in [0.2, 0.25) is 0 Å². The van der Waals surface area contributed by atoms with Gasteiger partial charge in [0.15, 0.2) is 0 Å². The highest BCUT2D eigenvalue weighted by Gasteiger charge is 2.02. The van der Waals surface area contributed by atoms with Gasteiger partial charge in [-0.3, -0.25) is 0 Å². The fourth-order valence-corrected chi connectivity index (χ4v) is 1.54. The zero-order valence-electron chi connectivity index (χ0n) is 9.46. The lowest BCUT2D eigenvalue weighted by atomic mass is 10.0. The van der Waals surface area contributed by atoms with E-state index in [4.69, 9.17) is 5.26 Å². The molecular formula is C13H18N2. The monoisotopic (exact) mass is 202 g/mol. The minimum absolute atomic E-state index is 0.713. The summed E-state index contributed by atoms with van der Waals surface area (Å²) in [7, 11) is 0. The Morgan fingerprint density at radius 3 is 2.67 bits per heavy atom. The molecule has 1 N–H and O–H groups in total. The molecule has 2 nitrogen and oxygen atoms in total. The maximum atomic E-state index is 8.75. The topological polar surface area (TPSA) is 35.8 Å². The van der Waals surface area contributed by atoms with Crippen LogP contribution in [0.3, 0.4) is 0 Å². The van der Waals surface area contributed by atoms with Crippen molar-refractivity contribution in [3.8, 4) is 6.07 Å². The van der Waals surface area contributed by atoms with Gasteiger partial charge in [-0.15, -0.1) is 0 Å². The van der Waals surface area contributed by atoms with E-state index in [9.17, 15) is 0 Å². The molecule has 0 aliphatic rings. The van der Waals surface area contributed by atoms with Crippen molar-refractivity contribution in [2.75, 3.05) is 11.9 Å². The number of rotatable bonds is 5. The molecule has 0 heterocycles. The maximum Gasteiger partial charge on any atom is 0.0992 e. The molecule has 0 aromatic heterocycles. The Balaban J connectivity index is 2.54. The van der Waals surface area contributed by atoms with E-state index in [0.717, 1.165) is 18.2 Å². The molecule has 15 heavy (non-hydrogen) atoms. The first-order valence-corrected chi connectivity index (χ1v) is 5.54. The van der Waals surface area contributed by atoms with E-state index in [1.54, 1.807) is 0 Å². The zero-order valence-corrected chi connectivity index (χ0v) is 9.46. The molecule has 1 rings (SSSR count). The Kier molecular flexibility index (Phi) is 4.70. The summed E-state index contributed by atoms with van der Waals surface area (Å²) in [6.07, 6.45) is 2.39. The Bertz CT molecular complexity index is 335. The Hall–Kier alpha value is -1.49. The van der Waals surface area contributed by atoms with Gasteiger partial charge < -0.3 is 5.32 Å². The standard InChI is InChI=1S/C13H18N2/c1-3-11(4-2)10-15-13-7-5-6-12(8-13)9-14/h5-8,11,15H,3-4,10H2,1-2H3. The van der Waals surface area contributed by atoms with E-state index in [1.165, 1.54) is 12.8 Å². The van der Waals surface area contributed by atoms with E-state index in [-0.39, 0.29) is 0 Å². The van der Waals surface area contributed by atoms with Crippen LogP contribution in [0.25, 0.3) is 0 Å². The highest BCUT2D eigenvalue weighted by molar-refractivity contribution is 5.49. The smallest absolute Gasteiger partial charge is 0.0992 e. The van der Waals surface area contributed by atoms with Gasteiger partial charge in [0.2, 0.25) is 0 Å². The third kappa shape index (κ3) is 3.63. The number of nitrogens with one attached hydrogen (secondary N) is 1. The van der Waals surface area contributed by atoms with Crippen molar-refractivity contribution in [3.63, 3.8) is 0 Å². The normalized spacial score (nSPS) is 10.0. The number of anilines is 1. The summed E-state index contributed by atoms with van der Waals surface area (Å²) < 4.78 is 0. The average Bonchev–Trinajstić information content (AvgIpc) is 2.31. The van der Waals surface area contributed by atoms with Gasteiger partial charge in [0, 0.05) is 12.2 Å². The average molecular weight is 202 g/mol. The summed E-state index contributed by atoms with van der Waals surface area (Å²) in [5.41, 5.74) is 1.76. The number of hydrogen-bond donors (Lipinski definition) is 1. The van der Waals surface area contributed by atoms with Gasteiger partial charge in [0.1, 0.15) is 0 Å². The molecule has 1 aromatic rings. The highest BCUT2D eigenvalue weighted by atomic mass is 14.9. The molecule has 0 fully saturated rings. The molecule has 80 valence electrons. The number of nitrogens with zero attached hydrogens (tertiary/aromatic N) is 1. The highest BCUT2D eigenvalue weighted by Crippen LogP contribution is 2.13. The van der Waals surface area contributed by atoms with Gasteiger partial charge >= 0.3 is 0 Å². The second-order valence-corrected chi connectivity index (χ2v) is 3.76. The van der Waals surface area contributed by atoms with Crippen molar-refractivity contribution in [1.82, 2.24) is 0 Å². The third-order valence-electron chi connectivity index (χ3n) is 2.74. The van der Waals surface area contributed by atoms with Crippen molar-refractivity contribution >= 4 is 5.69 Å². The molecule has 2 heteroatoms. The lowest BCUT2D eigenvalue weighted by Gasteiger charge is -2.14. The SMILES string of the molecule is CCC(CC)CNc1cccc(C#N)c1. The van der Waals surface area contributed by atoms with Crippen LogP contribution in [-0.2, 0) is 0 Å². The van der Waals surface area contributed by atoms with Crippen LogP contribution < -0.4 is 5.32 Å². The summed E-state index contributed by atoms with van der Waals surface area (Å²) in [6, 6.07) is 9.77. The van der Waals surface area contributed by atoms with Crippen LogP contribution in [0.15, 0.2) is 24.3 Å². The lowest BCUT2D eigenvalue weighted by Crippen LogP contribution is -2.12. The molecule has 0 radical (unpaired) electrons. The molecule has 0 spiro atoms. The molecule has 0 saturated heterocycles. The maximum absolute atomic E-state index is 8.75. The first-order chi connectivity index (χ1) is 7.30. The van der Waals surface area contributed by atoms with Crippen molar-refractivity contribution in [2.45, 2.75) is 26.7 Å². The molecule has 0 saturated carbocycles. The number of hydrogen-bond acceptors (Lipinski definition) is 2. The van der Waals surface area contributed by atoms with Gasteiger partial charge in [-0.2, -0.15) is 5.26 Å². The van der Waals surface area contributed by atoms with Crippen molar-refractivity contribution in [2.24, 2.45) is 5.92 Å². The van der Waals surface area contributed by atoms with Crippen molar-refractivity contribution in [3.05, 3.63) is 29.8 Å². The van der Waals surface area contributed by atoms with E-state index in [2.05, 4.69) is 25.2 Å². The Morgan fingerprint density at radius 2 is 2.07 bits per heavy atom. The van der Waals surface area contributed by atoms with Crippen molar-refractivity contribution < 1.29 is 0 Å². The quantitative estimate of drug-likeness (QED) is 0.794. The molecular weight excluding hydrogens is 184 g/mol. The summed E-state index contributed by atoms with van der Waals surface area (Å²) in [6.45, 7) is 5.41. The number of benzene rings is 1. The van der Waals surface area contributed by atoms with Gasteiger partial charge in [-0.25, -0.2) is 0 Å². The van der Waals surface area contributed by atoms with Crippen LogP contribution in [0.1, 0.15) is 32.3 Å². The summed E-state index contributed by atoms with van der Waals surface area (Å²) in [5.74, 6) is 0.718. The second-order valence-electron chi connectivity index (χ2n) is 3.76. The van der Waals surface area contributed by atoms with Crippen LogP contribution in [0, 0.1) is 17.2 Å². The molecule has 1 aromatic carbocycles. The summed E-state index contributed by atoms with van der Waals surface area (Å²) in [5, 5.41) is 12.1. The molecule has 0 atom stereocenters. The zero-order chi connectivity index (χ0) is 11.1. The first-order valence-electron chi connectivity index (χ1n) is 5.54. The Labute approximate surface area is 91.9 Å². The predicted octanol–water partition coefficient (Wildman–Crippen LogP) is 3.41. The number of nitriles is 1. The van der Waals surface area contributed by atoms with E-state index in [1.807, 2.05) is 24.3 Å². The van der Waals surface area contributed by atoms with Crippen LogP contribution in [-0.4, -0.2) is 6.54 Å². The summed E-state index contributed by atoms with van der Waals surface area (Å²) in [4.78, 5) is 0. The Morgan fingerprint density at radius 1 is 1.33 bits per heavy atom. The van der Waals surface area contributed by atoms with Gasteiger partial charge in [-0.05, 0) is 24.1 Å². The first kappa shape index (κ1) is 11.6. The minimum atomic E-state index is 0.713. The fraction of sp³-hybridized carbons (Fsp3) is 0.462. The fourth-order valence-electron chi connectivity index (χ4n) is 1.54. The molecule has 0 amide bonds. The van der Waals surface area contributed by atoms with Crippen molar-refractivity contribution in [1.29, 1.82) is 5.26 Å². The van der Waals surface area contributed by atoms with E-state index < -0.39 is 0 Å².